The highest BCUT2D eigenvalue weighted by molar-refractivity contribution is 5.99. The molecule has 80 valence electrons. The number of Topliss-reactive ketones (excluding diaryl/α,β-unsaturated/α-hetero) is 1. The minimum absolute atomic E-state index is 0.0116. The first-order chi connectivity index (χ1) is 6.91. The minimum Gasteiger partial charge on any atom is -0.507 e. The van der Waals surface area contributed by atoms with Crippen LogP contribution >= 0.6 is 0 Å². The van der Waals surface area contributed by atoms with Gasteiger partial charge >= 0.3 is 5.97 Å². The number of benzene rings is 1. The van der Waals surface area contributed by atoms with Crippen LogP contribution in [0.1, 0.15) is 24.2 Å². The van der Waals surface area contributed by atoms with Gasteiger partial charge in [0.1, 0.15) is 22.8 Å². The Morgan fingerprint density at radius 2 is 1.60 bits per heavy atom. The molecule has 1 aromatic rings. The molecule has 0 aromatic heterocycles. The Hall–Kier alpha value is -2.04. The Morgan fingerprint density at radius 1 is 1.13 bits per heavy atom. The zero-order valence-electron chi connectivity index (χ0n) is 8.27. The average Bonchev–Trinajstić information content (AvgIpc) is 1.99. The van der Waals surface area contributed by atoms with E-state index in [0.29, 0.717) is 0 Å². The van der Waals surface area contributed by atoms with Crippen LogP contribution in [0.4, 0.5) is 0 Å². The Balaban J connectivity index is 3.19. The van der Waals surface area contributed by atoms with Gasteiger partial charge in [-0.3, -0.25) is 9.59 Å². The lowest BCUT2D eigenvalue weighted by Crippen LogP contribution is -2.02. The maximum atomic E-state index is 11.0. The smallest absolute Gasteiger partial charge is 0.308 e. The molecular formula is C10H10O5. The van der Waals surface area contributed by atoms with E-state index in [1.807, 2.05) is 0 Å². The first-order valence-electron chi connectivity index (χ1n) is 4.17. The van der Waals surface area contributed by atoms with Gasteiger partial charge in [0, 0.05) is 19.1 Å². The molecule has 0 atom stereocenters. The maximum absolute atomic E-state index is 11.0. The minimum atomic E-state index is -0.579. The highest BCUT2D eigenvalue weighted by Crippen LogP contribution is 2.32. The summed E-state index contributed by atoms with van der Waals surface area (Å²) in [6.45, 7) is 2.40. The number of ether oxygens (including phenoxy) is 1. The van der Waals surface area contributed by atoms with Crippen molar-refractivity contribution in [2.75, 3.05) is 0 Å². The summed E-state index contributed by atoms with van der Waals surface area (Å²) in [5, 5.41) is 18.8. The monoisotopic (exact) mass is 210 g/mol. The van der Waals surface area contributed by atoms with Gasteiger partial charge in [0.25, 0.3) is 0 Å². The van der Waals surface area contributed by atoms with E-state index in [2.05, 4.69) is 4.74 Å². The number of phenols is 2. The summed E-state index contributed by atoms with van der Waals surface area (Å²) in [4.78, 5) is 21.6. The molecule has 0 aliphatic heterocycles. The van der Waals surface area contributed by atoms with Crippen LogP contribution in [0.15, 0.2) is 12.1 Å². The first-order valence-corrected chi connectivity index (χ1v) is 4.17. The van der Waals surface area contributed by atoms with E-state index in [1.165, 1.54) is 13.8 Å². The molecular weight excluding hydrogens is 200 g/mol. The topological polar surface area (TPSA) is 83.8 Å². The van der Waals surface area contributed by atoms with Gasteiger partial charge < -0.3 is 14.9 Å². The van der Waals surface area contributed by atoms with Crippen molar-refractivity contribution in [1.29, 1.82) is 0 Å². The molecule has 1 rings (SSSR count). The van der Waals surface area contributed by atoms with Crippen molar-refractivity contribution in [2.45, 2.75) is 13.8 Å². The summed E-state index contributed by atoms with van der Waals surface area (Å²) in [6, 6.07) is 2.19. The Kier molecular flexibility index (Phi) is 2.94. The Morgan fingerprint density at radius 3 is 1.93 bits per heavy atom. The number of hydrogen-bond acceptors (Lipinski definition) is 5. The molecule has 15 heavy (non-hydrogen) atoms. The van der Waals surface area contributed by atoms with E-state index >= 15 is 0 Å². The molecule has 0 heterocycles. The molecule has 2 N–H and O–H groups in total. The van der Waals surface area contributed by atoms with Crippen molar-refractivity contribution in [2.24, 2.45) is 0 Å². The van der Waals surface area contributed by atoms with E-state index < -0.39 is 23.3 Å². The fourth-order valence-electron chi connectivity index (χ4n) is 1.17. The third-order valence-corrected chi connectivity index (χ3v) is 1.68. The first kappa shape index (κ1) is 11.0. The SMILES string of the molecule is CC(=O)Oc1cc(O)c(C(C)=O)c(O)c1. The van der Waals surface area contributed by atoms with Gasteiger partial charge in [0.05, 0.1) is 0 Å². The summed E-state index contributed by atoms with van der Waals surface area (Å²) < 4.78 is 4.64. The quantitative estimate of drug-likeness (QED) is 0.435. The van der Waals surface area contributed by atoms with Crippen LogP contribution in [0, 0.1) is 0 Å². The summed E-state index contributed by atoms with van der Waals surface area (Å²) in [5.74, 6) is -1.90. The van der Waals surface area contributed by atoms with Crippen LogP contribution in [0.25, 0.3) is 0 Å². The van der Waals surface area contributed by atoms with Crippen molar-refractivity contribution in [3.8, 4) is 17.2 Å². The summed E-state index contributed by atoms with van der Waals surface area (Å²) in [5.41, 5.74) is -0.189. The van der Waals surface area contributed by atoms with Gasteiger partial charge in [-0.25, -0.2) is 0 Å². The lowest BCUT2D eigenvalue weighted by Gasteiger charge is -2.07. The Bertz CT molecular complexity index is 399. The molecule has 5 heteroatoms. The van der Waals surface area contributed by atoms with Gasteiger partial charge in [-0.05, 0) is 6.92 Å². The maximum Gasteiger partial charge on any atom is 0.308 e. The van der Waals surface area contributed by atoms with Crippen LogP contribution in [0.3, 0.4) is 0 Å². The highest BCUT2D eigenvalue weighted by atomic mass is 16.5. The molecule has 0 saturated carbocycles. The number of rotatable bonds is 2. The van der Waals surface area contributed by atoms with Gasteiger partial charge in [0.15, 0.2) is 5.78 Å². The standard InChI is InChI=1S/C10H10O5/c1-5(11)10-8(13)3-7(4-9(10)14)15-6(2)12/h3-4,13-14H,1-2H3. The number of carbonyl (C=O) groups is 2. The van der Waals surface area contributed by atoms with Crippen molar-refractivity contribution in [3.63, 3.8) is 0 Å². The van der Waals surface area contributed by atoms with Gasteiger partial charge in [-0.1, -0.05) is 0 Å². The molecule has 1 aromatic carbocycles. The summed E-state index contributed by atoms with van der Waals surface area (Å²) in [7, 11) is 0. The van der Waals surface area contributed by atoms with Crippen molar-refractivity contribution in [1.82, 2.24) is 0 Å². The van der Waals surface area contributed by atoms with Gasteiger partial charge in [-0.2, -0.15) is 0 Å². The van der Waals surface area contributed by atoms with Gasteiger partial charge in [0.2, 0.25) is 0 Å². The largest absolute Gasteiger partial charge is 0.507 e. The number of ketones is 1. The second-order valence-electron chi connectivity index (χ2n) is 2.99. The third-order valence-electron chi connectivity index (χ3n) is 1.68. The normalized spacial score (nSPS) is 9.73. The van der Waals surface area contributed by atoms with Crippen molar-refractivity contribution in [3.05, 3.63) is 17.7 Å². The van der Waals surface area contributed by atoms with Crippen LogP contribution in [0.2, 0.25) is 0 Å². The van der Waals surface area contributed by atoms with Crippen molar-refractivity contribution < 1.29 is 24.5 Å². The zero-order valence-corrected chi connectivity index (χ0v) is 8.27. The number of hydrogen-bond donors (Lipinski definition) is 2. The highest BCUT2D eigenvalue weighted by Gasteiger charge is 2.15. The molecule has 0 fully saturated rings. The molecule has 0 aliphatic rings. The summed E-state index contributed by atoms with van der Waals surface area (Å²) >= 11 is 0. The summed E-state index contributed by atoms with van der Waals surface area (Å²) in [6.07, 6.45) is 0. The third kappa shape index (κ3) is 2.46. The fourth-order valence-corrected chi connectivity index (χ4v) is 1.17. The zero-order chi connectivity index (χ0) is 11.6. The van der Waals surface area contributed by atoms with Crippen LogP contribution in [-0.4, -0.2) is 22.0 Å². The number of phenolic OH excluding ortho intramolecular Hbond substituents is 2. The lowest BCUT2D eigenvalue weighted by molar-refractivity contribution is -0.131. The fraction of sp³-hybridized carbons (Fsp3) is 0.200. The second kappa shape index (κ2) is 4.00. The van der Waals surface area contributed by atoms with E-state index in [4.69, 9.17) is 0 Å². The predicted molar refractivity (Wildman–Crippen MR) is 51.1 cm³/mol. The van der Waals surface area contributed by atoms with Crippen molar-refractivity contribution >= 4 is 11.8 Å². The van der Waals surface area contributed by atoms with E-state index in [0.717, 1.165) is 12.1 Å². The second-order valence-corrected chi connectivity index (χ2v) is 2.99. The molecule has 0 unspecified atom stereocenters. The van der Waals surface area contributed by atoms with E-state index in [-0.39, 0.29) is 11.3 Å². The van der Waals surface area contributed by atoms with Gasteiger partial charge in [-0.15, -0.1) is 0 Å². The lowest BCUT2D eigenvalue weighted by atomic mass is 10.1. The van der Waals surface area contributed by atoms with Crippen LogP contribution < -0.4 is 4.74 Å². The van der Waals surface area contributed by atoms with E-state index in [9.17, 15) is 19.8 Å². The molecule has 0 spiro atoms. The molecule has 5 nitrogen and oxygen atoms in total. The number of aromatic hydroxyl groups is 2. The average molecular weight is 210 g/mol. The molecule has 0 amide bonds. The molecule has 0 saturated heterocycles. The molecule has 0 radical (unpaired) electrons. The van der Waals surface area contributed by atoms with E-state index in [1.54, 1.807) is 0 Å². The number of carbonyl (C=O) groups excluding carboxylic acids is 2. The molecule has 0 bridgehead atoms. The number of esters is 1. The Labute approximate surface area is 85.9 Å². The predicted octanol–water partition coefficient (Wildman–Crippen LogP) is 1.23. The van der Waals surface area contributed by atoms with Crippen LogP contribution in [0.5, 0.6) is 17.2 Å². The molecule has 0 aliphatic carbocycles. The van der Waals surface area contributed by atoms with Crippen LogP contribution in [-0.2, 0) is 4.79 Å².